The van der Waals surface area contributed by atoms with E-state index in [1.165, 1.54) is 36.2 Å². The first kappa shape index (κ1) is 20.3. The number of nitrogens with zero attached hydrogens (tertiary/aromatic N) is 1. The zero-order chi connectivity index (χ0) is 19.9. The molecule has 7 heteroatoms. The van der Waals surface area contributed by atoms with Crippen LogP contribution in [0.15, 0.2) is 23.6 Å². The molecule has 1 aliphatic carbocycles. The summed E-state index contributed by atoms with van der Waals surface area (Å²) in [7, 11) is 0. The van der Waals surface area contributed by atoms with E-state index in [9.17, 15) is 9.59 Å². The van der Waals surface area contributed by atoms with Crippen LogP contribution < -0.4 is 16.0 Å². The maximum Gasteiger partial charge on any atom is 0.321 e. The number of anilines is 2. The Morgan fingerprint density at radius 1 is 1.14 bits per heavy atom. The molecule has 1 aromatic carbocycles. The topological polar surface area (TPSA) is 83.1 Å². The number of hydrogen-bond acceptors (Lipinski definition) is 4. The number of amides is 3. The minimum Gasteiger partial charge on any atom is -0.335 e. The molecule has 0 atom stereocenters. The highest BCUT2D eigenvalue weighted by Gasteiger charge is 2.16. The lowest BCUT2D eigenvalue weighted by molar-refractivity contribution is -0.116. The van der Waals surface area contributed by atoms with Crippen molar-refractivity contribution >= 4 is 34.1 Å². The van der Waals surface area contributed by atoms with Crippen molar-refractivity contribution in [2.75, 3.05) is 10.6 Å². The van der Waals surface area contributed by atoms with Gasteiger partial charge in [-0.1, -0.05) is 37.0 Å². The molecule has 3 N–H and O–H groups in total. The van der Waals surface area contributed by atoms with Gasteiger partial charge in [-0.15, -0.1) is 11.3 Å². The summed E-state index contributed by atoms with van der Waals surface area (Å²) in [5.41, 5.74) is 3.88. The molecule has 3 amide bonds. The maximum absolute atomic E-state index is 12.2. The quantitative estimate of drug-likeness (QED) is 0.652. The van der Waals surface area contributed by atoms with Crippen LogP contribution >= 0.6 is 11.3 Å². The minimum absolute atomic E-state index is 0.0375. The summed E-state index contributed by atoms with van der Waals surface area (Å²) in [5.74, 6) is -0.0375. The molecule has 1 aliphatic rings. The first-order valence-electron chi connectivity index (χ1n) is 9.88. The van der Waals surface area contributed by atoms with Crippen LogP contribution in [0.5, 0.6) is 0 Å². The highest BCUT2D eigenvalue weighted by atomic mass is 32.1. The Kier molecular flexibility index (Phi) is 7.03. The van der Waals surface area contributed by atoms with Crippen molar-refractivity contribution in [2.24, 2.45) is 0 Å². The molecule has 6 nitrogen and oxygen atoms in total. The Morgan fingerprint density at radius 2 is 1.93 bits per heavy atom. The molecule has 1 heterocycles. The van der Waals surface area contributed by atoms with Crippen molar-refractivity contribution in [3.8, 4) is 0 Å². The van der Waals surface area contributed by atoms with E-state index in [-0.39, 0.29) is 18.0 Å². The molecule has 28 heavy (non-hydrogen) atoms. The Bertz CT molecular complexity index is 828. The standard InChI is InChI=1S/C21H28N4O2S/c1-14-8-10-18(15(2)12-14)24-19(26)11-9-17-13-28-21(23-17)25-20(27)22-16-6-4-3-5-7-16/h8,10,12-13,16H,3-7,9,11H2,1-2H3,(H,24,26)(H2,22,23,25,27). The molecule has 0 saturated heterocycles. The van der Waals surface area contributed by atoms with Gasteiger partial charge in [0.15, 0.2) is 5.13 Å². The van der Waals surface area contributed by atoms with Crippen molar-refractivity contribution in [3.05, 3.63) is 40.4 Å². The van der Waals surface area contributed by atoms with Crippen LogP contribution in [-0.4, -0.2) is 23.0 Å². The number of aryl methyl sites for hydroxylation is 3. The van der Waals surface area contributed by atoms with Crippen molar-refractivity contribution in [1.29, 1.82) is 0 Å². The van der Waals surface area contributed by atoms with Crippen molar-refractivity contribution < 1.29 is 9.59 Å². The highest BCUT2D eigenvalue weighted by molar-refractivity contribution is 7.13. The molecular formula is C21H28N4O2S. The zero-order valence-corrected chi connectivity index (χ0v) is 17.3. The van der Waals surface area contributed by atoms with Gasteiger partial charge in [-0.05, 0) is 44.7 Å². The van der Waals surface area contributed by atoms with Crippen molar-refractivity contribution in [1.82, 2.24) is 10.3 Å². The summed E-state index contributed by atoms with van der Waals surface area (Å²) < 4.78 is 0. The van der Waals surface area contributed by atoms with E-state index in [2.05, 4.69) is 20.9 Å². The van der Waals surface area contributed by atoms with Crippen molar-refractivity contribution in [2.45, 2.75) is 64.8 Å². The van der Waals surface area contributed by atoms with Gasteiger partial charge in [-0.3, -0.25) is 10.1 Å². The molecule has 1 aromatic heterocycles. The van der Waals surface area contributed by atoms with Crippen LogP contribution in [0.3, 0.4) is 0 Å². The zero-order valence-electron chi connectivity index (χ0n) is 16.5. The summed E-state index contributed by atoms with van der Waals surface area (Å²) >= 11 is 1.38. The monoisotopic (exact) mass is 400 g/mol. The van der Waals surface area contributed by atoms with Gasteiger partial charge in [0.1, 0.15) is 0 Å². The van der Waals surface area contributed by atoms with Gasteiger partial charge in [0.25, 0.3) is 0 Å². The fourth-order valence-corrected chi connectivity index (χ4v) is 4.19. The molecule has 0 aliphatic heterocycles. The van der Waals surface area contributed by atoms with Crippen LogP contribution in [0.4, 0.5) is 15.6 Å². The van der Waals surface area contributed by atoms with Gasteiger partial charge in [0.2, 0.25) is 5.91 Å². The summed E-state index contributed by atoms with van der Waals surface area (Å²) in [6.07, 6.45) is 6.60. The fraction of sp³-hybridized carbons (Fsp3) is 0.476. The van der Waals surface area contributed by atoms with Crippen LogP contribution in [0.2, 0.25) is 0 Å². The van der Waals surface area contributed by atoms with Gasteiger partial charge < -0.3 is 10.6 Å². The molecular weight excluding hydrogens is 372 g/mol. The van der Waals surface area contributed by atoms with Crippen LogP contribution in [0, 0.1) is 13.8 Å². The van der Waals surface area contributed by atoms with E-state index >= 15 is 0 Å². The van der Waals surface area contributed by atoms with Crippen molar-refractivity contribution in [3.63, 3.8) is 0 Å². The van der Waals surface area contributed by atoms with Crippen LogP contribution in [0.25, 0.3) is 0 Å². The highest BCUT2D eigenvalue weighted by Crippen LogP contribution is 2.20. The van der Waals surface area contributed by atoms with E-state index in [0.29, 0.717) is 18.0 Å². The number of hydrogen-bond donors (Lipinski definition) is 3. The lowest BCUT2D eigenvalue weighted by atomic mass is 9.96. The smallest absolute Gasteiger partial charge is 0.321 e. The number of benzene rings is 1. The molecule has 0 radical (unpaired) electrons. The van der Waals surface area contributed by atoms with Gasteiger partial charge in [0, 0.05) is 23.5 Å². The van der Waals surface area contributed by atoms with E-state index in [4.69, 9.17) is 0 Å². The van der Waals surface area contributed by atoms with Gasteiger partial charge in [-0.25, -0.2) is 9.78 Å². The average molecular weight is 401 g/mol. The molecule has 0 spiro atoms. The number of urea groups is 1. The van der Waals surface area contributed by atoms with E-state index in [0.717, 1.165) is 29.8 Å². The molecule has 1 saturated carbocycles. The first-order valence-corrected chi connectivity index (χ1v) is 10.8. The third-order valence-corrected chi connectivity index (χ3v) is 5.78. The van der Waals surface area contributed by atoms with E-state index in [1.807, 2.05) is 37.4 Å². The molecule has 150 valence electrons. The van der Waals surface area contributed by atoms with Crippen LogP contribution in [0.1, 0.15) is 55.3 Å². The Labute approximate surface area is 170 Å². The van der Waals surface area contributed by atoms with E-state index < -0.39 is 0 Å². The number of carbonyl (C=O) groups excluding carboxylic acids is 2. The minimum atomic E-state index is -0.194. The SMILES string of the molecule is Cc1ccc(NC(=O)CCc2csc(NC(=O)NC3CCCCC3)n2)c(C)c1. The summed E-state index contributed by atoms with van der Waals surface area (Å²) in [6.45, 7) is 4.02. The molecule has 3 rings (SSSR count). The lowest BCUT2D eigenvalue weighted by Gasteiger charge is -2.22. The number of nitrogens with one attached hydrogen (secondary N) is 3. The second-order valence-electron chi connectivity index (χ2n) is 7.44. The van der Waals surface area contributed by atoms with Gasteiger partial charge in [-0.2, -0.15) is 0 Å². The number of aromatic nitrogens is 1. The number of rotatable bonds is 6. The van der Waals surface area contributed by atoms with Gasteiger partial charge in [0.05, 0.1) is 5.69 Å². The van der Waals surface area contributed by atoms with Gasteiger partial charge >= 0.3 is 6.03 Å². The molecule has 0 unspecified atom stereocenters. The first-order chi connectivity index (χ1) is 13.5. The Morgan fingerprint density at radius 3 is 2.68 bits per heavy atom. The molecule has 1 fully saturated rings. The Balaban J connectivity index is 1.43. The third-order valence-electron chi connectivity index (χ3n) is 4.98. The molecule has 0 bridgehead atoms. The largest absolute Gasteiger partial charge is 0.335 e. The number of thiazole rings is 1. The third kappa shape index (κ3) is 6.05. The predicted molar refractivity (Wildman–Crippen MR) is 114 cm³/mol. The normalized spacial score (nSPS) is 14.5. The summed E-state index contributed by atoms with van der Waals surface area (Å²) in [4.78, 5) is 28.7. The summed E-state index contributed by atoms with van der Waals surface area (Å²) in [5, 5.41) is 11.2. The van der Waals surface area contributed by atoms with Crippen LogP contribution in [-0.2, 0) is 11.2 Å². The average Bonchev–Trinajstić information content (AvgIpc) is 3.10. The summed E-state index contributed by atoms with van der Waals surface area (Å²) in [6, 6.07) is 6.03. The fourth-order valence-electron chi connectivity index (χ4n) is 3.45. The van der Waals surface area contributed by atoms with E-state index in [1.54, 1.807) is 0 Å². The maximum atomic E-state index is 12.2. The second kappa shape index (κ2) is 9.68. The number of carbonyl (C=O) groups is 2. The second-order valence-corrected chi connectivity index (χ2v) is 8.30. The lowest BCUT2D eigenvalue weighted by Crippen LogP contribution is -2.38. The Hall–Kier alpha value is -2.41. The predicted octanol–water partition coefficient (Wildman–Crippen LogP) is 4.79. The molecule has 2 aromatic rings.